The summed E-state index contributed by atoms with van der Waals surface area (Å²) >= 11 is 0. The summed E-state index contributed by atoms with van der Waals surface area (Å²) in [6.45, 7) is 8.55. The molecule has 0 N–H and O–H groups in total. The van der Waals surface area contributed by atoms with E-state index in [-0.39, 0.29) is 5.91 Å². The molecule has 1 amide bonds. The van der Waals surface area contributed by atoms with E-state index in [0.29, 0.717) is 18.8 Å². The number of carbonyl (C=O) groups excluding carboxylic acids is 1. The van der Waals surface area contributed by atoms with Crippen molar-refractivity contribution >= 4 is 5.91 Å². The van der Waals surface area contributed by atoms with Gasteiger partial charge in [0.2, 0.25) is 0 Å². The van der Waals surface area contributed by atoms with E-state index in [1.807, 2.05) is 6.07 Å². The molecule has 7 heteroatoms. The normalized spacial score (nSPS) is 16.4. The maximum atomic E-state index is 12.4. The van der Waals surface area contributed by atoms with E-state index in [1.54, 1.807) is 30.3 Å². The first-order chi connectivity index (χ1) is 11.7. The van der Waals surface area contributed by atoms with Crippen LogP contribution in [0.1, 0.15) is 28.9 Å². The maximum Gasteiger partial charge on any atom is 0.276 e. The summed E-state index contributed by atoms with van der Waals surface area (Å²) < 4.78 is 10.6. The fourth-order valence-corrected chi connectivity index (χ4v) is 2.88. The molecule has 1 aliphatic heterocycles. The molecule has 0 bridgehead atoms. The molecule has 2 aromatic rings. The van der Waals surface area contributed by atoms with Gasteiger partial charge in [0.05, 0.1) is 19.4 Å². The van der Waals surface area contributed by atoms with Crippen LogP contribution >= 0.6 is 0 Å². The van der Waals surface area contributed by atoms with Gasteiger partial charge in [-0.2, -0.15) is 0 Å². The first kappa shape index (κ1) is 16.7. The van der Waals surface area contributed by atoms with Crippen molar-refractivity contribution in [1.29, 1.82) is 0 Å². The second-order valence-corrected chi connectivity index (χ2v) is 6.13. The molecule has 24 heavy (non-hydrogen) atoms. The lowest BCUT2D eigenvalue weighted by atomic mass is 10.2. The number of aromatic nitrogens is 1. The molecule has 0 radical (unpaired) electrons. The molecular weight excluding hydrogens is 308 g/mol. The lowest BCUT2D eigenvalue weighted by Gasteiger charge is -2.33. The Balaban J connectivity index is 1.54. The van der Waals surface area contributed by atoms with Crippen LogP contribution in [0.5, 0.6) is 0 Å². The van der Waals surface area contributed by atoms with Crippen molar-refractivity contribution < 1.29 is 13.7 Å². The fraction of sp³-hybridized carbons (Fsp3) is 0.529. The molecule has 1 saturated heterocycles. The quantitative estimate of drug-likeness (QED) is 0.802. The summed E-state index contributed by atoms with van der Waals surface area (Å²) in [5, 5.41) is 3.93. The molecule has 2 aromatic heterocycles. The Bertz CT molecular complexity index is 645. The van der Waals surface area contributed by atoms with Gasteiger partial charge in [0.1, 0.15) is 5.76 Å². The SMILES string of the molecule is CCN1CCN(Cc2cc(C(=O)N(C)Cc3ccco3)no2)CC1. The summed E-state index contributed by atoms with van der Waals surface area (Å²) in [5.74, 6) is 1.30. The summed E-state index contributed by atoms with van der Waals surface area (Å²) in [6, 6.07) is 5.39. The monoisotopic (exact) mass is 332 g/mol. The van der Waals surface area contributed by atoms with E-state index >= 15 is 0 Å². The summed E-state index contributed by atoms with van der Waals surface area (Å²) in [5.41, 5.74) is 0.339. The molecular formula is C17H24N4O3. The van der Waals surface area contributed by atoms with Gasteiger partial charge >= 0.3 is 0 Å². The largest absolute Gasteiger partial charge is 0.467 e. The molecule has 3 heterocycles. The number of hydrogen-bond acceptors (Lipinski definition) is 6. The molecule has 1 aliphatic rings. The maximum absolute atomic E-state index is 12.4. The van der Waals surface area contributed by atoms with Crippen molar-refractivity contribution in [2.75, 3.05) is 39.8 Å². The lowest BCUT2D eigenvalue weighted by molar-refractivity contribution is 0.0764. The first-order valence-corrected chi connectivity index (χ1v) is 8.34. The summed E-state index contributed by atoms with van der Waals surface area (Å²) in [7, 11) is 1.73. The Labute approximate surface area is 141 Å². The van der Waals surface area contributed by atoms with E-state index in [1.165, 1.54) is 0 Å². The number of likely N-dealkylation sites (N-methyl/N-ethyl adjacent to an activating group) is 1. The van der Waals surface area contributed by atoms with Crippen molar-refractivity contribution in [3.8, 4) is 0 Å². The third-order valence-electron chi connectivity index (χ3n) is 4.39. The number of furan rings is 1. The average molecular weight is 332 g/mol. The van der Waals surface area contributed by atoms with Gasteiger partial charge < -0.3 is 18.7 Å². The second-order valence-electron chi connectivity index (χ2n) is 6.13. The molecule has 0 atom stereocenters. The van der Waals surface area contributed by atoms with Crippen molar-refractivity contribution in [3.63, 3.8) is 0 Å². The Kier molecular flexibility index (Phi) is 5.32. The zero-order chi connectivity index (χ0) is 16.9. The lowest BCUT2D eigenvalue weighted by Crippen LogP contribution is -2.45. The van der Waals surface area contributed by atoms with Crippen LogP contribution in [0.15, 0.2) is 33.4 Å². The number of nitrogens with zero attached hydrogens (tertiary/aromatic N) is 4. The van der Waals surface area contributed by atoms with Gasteiger partial charge in [0.25, 0.3) is 5.91 Å². The van der Waals surface area contributed by atoms with Gasteiger partial charge in [-0.15, -0.1) is 0 Å². The number of hydrogen-bond donors (Lipinski definition) is 0. The summed E-state index contributed by atoms with van der Waals surface area (Å²) in [4.78, 5) is 18.7. The van der Waals surface area contributed by atoms with E-state index in [9.17, 15) is 4.79 Å². The third kappa shape index (κ3) is 4.04. The highest BCUT2D eigenvalue weighted by molar-refractivity contribution is 5.91. The van der Waals surface area contributed by atoms with Gasteiger partial charge in [0.15, 0.2) is 11.5 Å². The Morgan fingerprint density at radius 2 is 2.00 bits per heavy atom. The van der Waals surface area contributed by atoms with E-state index in [2.05, 4.69) is 21.9 Å². The molecule has 1 fully saturated rings. The van der Waals surface area contributed by atoms with Crippen molar-refractivity contribution in [2.45, 2.75) is 20.0 Å². The molecule has 0 aromatic carbocycles. The van der Waals surface area contributed by atoms with Crippen LogP contribution in [0.25, 0.3) is 0 Å². The molecule has 3 rings (SSSR count). The van der Waals surface area contributed by atoms with Gasteiger partial charge in [0, 0.05) is 39.3 Å². The Morgan fingerprint density at radius 3 is 2.67 bits per heavy atom. The molecule has 7 nitrogen and oxygen atoms in total. The van der Waals surface area contributed by atoms with Crippen molar-refractivity contribution in [2.24, 2.45) is 0 Å². The van der Waals surface area contributed by atoms with Crippen LogP contribution < -0.4 is 0 Å². The number of amides is 1. The zero-order valence-corrected chi connectivity index (χ0v) is 14.3. The summed E-state index contributed by atoms with van der Waals surface area (Å²) in [6.07, 6.45) is 1.60. The number of carbonyl (C=O) groups is 1. The van der Waals surface area contributed by atoms with Crippen LogP contribution in [-0.2, 0) is 13.1 Å². The first-order valence-electron chi connectivity index (χ1n) is 8.34. The predicted molar refractivity (Wildman–Crippen MR) is 88.4 cm³/mol. The van der Waals surface area contributed by atoms with Gasteiger partial charge in [-0.05, 0) is 18.7 Å². The highest BCUT2D eigenvalue weighted by atomic mass is 16.5. The number of piperazine rings is 1. The number of rotatable bonds is 6. The molecule has 0 unspecified atom stereocenters. The second kappa shape index (κ2) is 7.63. The average Bonchev–Trinajstić information content (AvgIpc) is 3.27. The smallest absolute Gasteiger partial charge is 0.276 e. The minimum absolute atomic E-state index is 0.169. The molecule has 0 saturated carbocycles. The topological polar surface area (TPSA) is 66.0 Å². The fourth-order valence-electron chi connectivity index (χ4n) is 2.88. The Morgan fingerprint density at radius 1 is 1.25 bits per heavy atom. The third-order valence-corrected chi connectivity index (χ3v) is 4.39. The minimum atomic E-state index is -0.169. The predicted octanol–water partition coefficient (Wildman–Crippen LogP) is 1.68. The highest BCUT2D eigenvalue weighted by Gasteiger charge is 2.21. The van der Waals surface area contributed by atoms with Crippen LogP contribution in [0, 0.1) is 0 Å². The van der Waals surface area contributed by atoms with E-state index in [0.717, 1.165) is 44.2 Å². The van der Waals surface area contributed by atoms with Gasteiger partial charge in [-0.1, -0.05) is 12.1 Å². The van der Waals surface area contributed by atoms with Gasteiger partial charge in [-0.25, -0.2) is 0 Å². The van der Waals surface area contributed by atoms with Crippen LogP contribution in [0.3, 0.4) is 0 Å². The zero-order valence-electron chi connectivity index (χ0n) is 14.3. The van der Waals surface area contributed by atoms with Gasteiger partial charge in [-0.3, -0.25) is 9.69 Å². The van der Waals surface area contributed by atoms with Crippen molar-refractivity contribution in [1.82, 2.24) is 19.9 Å². The van der Waals surface area contributed by atoms with Crippen LogP contribution in [-0.4, -0.2) is 65.5 Å². The Hall–Kier alpha value is -2.12. The van der Waals surface area contributed by atoms with Crippen LogP contribution in [0.4, 0.5) is 0 Å². The van der Waals surface area contributed by atoms with Crippen molar-refractivity contribution in [3.05, 3.63) is 41.7 Å². The standard InChI is InChI=1S/C17H24N4O3/c1-3-20-6-8-21(9-7-20)13-15-11-16(18-24-15)17(22)19(2)12-14-5-4-10-23-14/h4-5,10-11H,3,6-9,12-13H2,1-2H3. The molecule has 130 valence electrons. The molecule has 0 aliphatic carbocycles. The van der Waals surface area contributed by atoms with E-state index < -0.39 is 0 Å². The minimum Gasteiger partial charge on any atom is -0.467 e. The van der Waals surface area contributed by atoms with Crippen LogP contribution in [0.2, 0.25) is 0 Å². The van der Waals surface area contributed by atoms with E-state index in [4.69, 9.17) is 8.94 Å². The highest BCUT2D eigenvalue weighted by Crippen LogP contribution is 2.13. The molecule has 0 spiro atoms.